The second kappa shape index (κ2) is 13.6. The van der Waals surface area contributed by atoms with Gasteiger partial charge in [0, 0.05) is 72.3 Å². The first-order valence-electron chi connectivity index (χ1n) is 10.7. The molecule has 10 nitrogen and oxygen atoms in total. The van der Waals surface area contributed by atoms with E-state index in [1.807, 2.05) is 6.07 Å². The third-order valence-corrected chi connectivity index (χ3v) is 5.32. The van der Waals surface area contributed by atoms with Gasteiger partial charge in [-0.1, -0.05) is 0 Å². The number of guanidine groups is 1. The van der Waals surface area contributed by atoms with Gasteiger partial charge in [-0.15, -0.1) is 24.0 Å². The van der Waals surface area contributed by atoms with E-state index in [-0.39, 0.29) is 36.4 Å². The Morgan fingerprint density at radius 1 is 1.13 bits per heavy atom. The molecule has 11 heteroatoms. The van der Waals surface area contributed by atoms with Crippen molar-refractivity contribution in [3.8, 4) is 0 Å². The van der Waals surface area contributed by atoms with Gasteiger partial charge in [0.1, 0.15) is 6.54 Å². The first kappa shape index (κ1) is 25.5. The minimum atomic E-state index is -0.000983. The van der Waals surface area contributed by atoms with E-state index < -0.39 is 0 Å². The van der Waals surface area contributed by atoms with Crippen LogP contribution < -0.4 is 10.2 Å². The standard InChI is InChI=1S/C20H34N8O2.HI/c1-25(2)18(29)17-24-20(23-7-4-8-26-13-15-30-16-14-26)28-11-9-27(10-12-28)19-21-5-3-6-22-19;/h3,5-6H,4,7-17H2,1-2H3,(H,23,24);1H. The summed E-state index contributed by atoms with van der Waals surface area (Å²) >= 11 is 0. The van der Waals surface area contributed by atoms with E-state index in [0.717, 1.165) is 83.9 Å². The number of nitrogens with one attached hydrogen (secondary N) is 1. The summed E-state index contributed by atoms with van der Waals surface area (Å²) in [6.07, 6.45) is 4.56. The number of likely N-dealkylation sites (N-methyl/N-ethyl adjacent to an activating group) is 1. The van der Waals surface area contributed by atoms with Crippen molar-refractivity contribution in [3.63, 3.8) is 0 Å². The fourth-order valence-electron chi connectivity index (χ4n) is 3.45. The van der Waals surface area contributed by atoms with Crippen LogP contribution in [-0.4, -0.2) is 123 Å². The van der Waals surface area contributed by atoms with E-state index in [0.29, 0.717) is 0 Å². The first-order chi connectivity index (χ1) is 14.6. The maximum atomic E-state index is 12.0. The minimum absolute atomic E-state index is 0. The Labute approximate surface area is 202 Å². The SMILES string of the molecule is CN(C)C(=O)CN=C(NCCCN1CCOCC1)N1CCN(c2ncccn2)CC1.I. The van der Waals surface area contributed by atoms with Gasteiger partial charge in [-0.05, 0) is 19.0 Å². The van der Waals surface area contributed by atoms with Gasteiger partial charge in [-0.2, -0.15) is 0 Å². The maximum absolute atomic E-state index is 12.0. The van der Waals surface area contributed by atoms with Crippen LogP contribution in [0.25, 0.3) is 0 Å². The lowest BCUT2D eigenvalue weighted by molar-refractivity contribution is -0.127. The maximum Gasteiger partial charge on any atom is 0.243 e. The molecule has 2 aliphatic heterocycles. The predicted octanol–water partition coefficient (Wildman–Crippen LogP) is -0.0273. The number of amides is 1. The van der Waals surface area contributed by atoms with E-state index in [1.165, 1.54) is 0 Å². The number of carbonyl (C=O) groups is 1. The Morgan fingerprint density at radius 2 is 1.81 bits per heavy atom. The average molecular weight is 546 g/mol. The van der Waals surface area contributed by atoms with Gasteiger partial charge in [-0.25, -0.2) is 15.0 Å². The third kappa shape index (κ3) is 8.37. The molecule has 0 unspecified atom stereocenters. The summed E-state index contributed by atoms with van der Waals surface area (Å²) in [4.78, 5) is 33.7. The van der Waals surface area contributed by atoms with Crippen LogP contribution in [0.1, 0.15) is 6.42 Å². The predicted molar refractivity (Wildman–Crippen MR) is 132 cm³/mol. The molecular weight excluding hydrogens is 511 g/mol. The molecule has 2 aliphatic rings. The zero-order valence-electron chi connectivity index (χ0n) is 18.6. The Hall–Kier alpha value is -1.73. The van der Waals surface area contributed by atoms with Crippen molar-refractivity contribution < 1.29 is 9.53 Å². The number of hydrogen-bond acceptors (Lipinski definition) is 7. The highest BCUT2D eigenvalue weighted by atomic mass is 127. The van der Waals surface area contributed by atoms with Crippen molar-refractivity contribution >= 4 is 41.8 Å². The van der Waals surface area contributed by atoms with E-state index in [9.17, 15) is 4.79 Å². The molecule has 1 N–H and O–H groups in total. The van der Waals surface area contributed by atoms with Crippen LogP contribution in [0, 0.1) is 0 Å². The number of aliphatic imine (C=N–C) groups is 1. The molecule has 0 saturated carbocycles. The topological polar surface area (TPSA) is 89.4 Å². The van der Waals surface area contributed by atoms with Gasteiger partial charge < -0.3 is 24.8 Å². The van der Waals surface area contributed by atoms with Crippen LogP contribution in [0.5, 0.6) is 0 Å². The Bertz CT molecular complexity index is 677. The van der Waals surface area contributed by atoms with E-state index in [2.05, 4.69) is 35.0 Å². The molecule has 0 bridgehead atoms. The molecule has 31 heavy (non-hydrogen) atoms. The van der Waals surface area contributed by atoms with Gasteiger partial charge in [0.05, 0.1) is 13.2 Å². The van der Waals surface area contributed by atoms with Crippen LogP contribution in [-0.2, 0) is 9.53 Å². The molecule has 3 rings (SSSR count). The number of morpholine rings is 1. The normalized spacial score (nSPS) is 17.8. The molecule has 2 fully saturated rings. The molecule has 1 amide bonds. The van der Waals surface area contributed by atoms with Crippen molar-refractivity contribution in [1.82, 2.24) is 30.0 Å². The Kier molecular flexibility index (Phi) is 11.2. The second-order valence-electron chi connectivity index (χ2n) is 7.69. The van der Waals surface area contributed by atoms with E-state index in [4.69, 9.17) is 4.74 Å². The molecule has 0 radical (unpaired) electrons. The molecule has 1 aromatic rings. The van der Waals surface area contributed by atoms with Gasteiger partial charge in [-0.3, -0.25) is 9.69 Å². The third-order valence-electron chi connectivity index (χ3n) is 5.32. The zero-order valence-corrected chi connectivity index (χ0v) is 20.9. The van der Waals surface area contributed by atoms with Crippen molar-refractivity contribution in [3.05, 3.63) is 18.5 Å². The summed E-state index contributed by atoms with van der Waals surface area (Å²) in [6.45, 7) is 8.93. The number of ether oxygens (including phenoxy) is 1. The highest BCUT2D eigenvalue weighted by Crippen LogP contribution is 2.10. The summed E-state index contributed by atoms with van der Waals surface area (Å²) in [7, 11) is 3.51. The number of aromatic nitrogens is 2. The molecule has 2 saturated heterocycles. The largest absolute Gasteiger partial charge is 0.379 e. The molecule has 0 spiro atoms. The number of nitrogens with zero attached hydrogens (tertiary/aromatic N) is 7. The van der Waals surface area contributed by atoms with Crippen LogP contribution in [0.3, 0.4) is 0 Å². The number of halogens is 1. The molecule has 1 aromatic heterocycles. The molecule has 174 valence electrons. The summed E-state index contributed by atoms with van der Waals surface area (Å²) in [6, 6.07) is 1.83. The van der Waals surface area contributed by atoms with Crippen LogP contribution >= 0.6 is 24.0 Å². The number of anilines is 1. The highest BCUT2D eigenvalue weighted by Gasteiger charge is 2.21. The van der Waals surface area contributed by atoms with Crippen LogP contribution in [0.15, 0.2) is 23.5 Å². The molecule has 0 aromatic carbocycles. The number of piperazine rings is 1. The average Bonchev–Trinajstić information content (AvgIpc) is 2.79. The van der Waals surface area contributed by atoms with Crippen molar-refractivity contribution in [2.45, 2.75) is 6.42 Å². The van der Waals surface area contributed by atoms with Gasteiger partial charge in [0.25, 0.3) is 0 Å². The Balaban J connectivity index is 0.00000341. The van der Waals surface area contributed by atoms with Gasteiger partial charge >= 0.3 is 0 Å². The van der Waals surface area contributed by atoms with Crippen LogP contribution in [0.4, 0.5) is 5.95 Å². The van der Waals surface area contributed by atoms with Crippen LogP contribution in [0.2, 0.25) is 0 Å². The fraction of sp³-hybridized carbons (Fsp3) is 0.700. The lowest BCUT2D eigenvalue weighted by atomic mass is 10.3. The zero-order chi connectivity index (χ0) is 21.2. The van der Waals surface area contributed by atoms with E-state index in [1.54, 1.807) is 31.4 Å². The number of rotatable bonds is 7. The second-order valence-corrected chi connectivity index (χ2v) is 7.69. The summed E-state index contributed by atoms with van der Waals surface area (Å²) in [5.74, 6) is 1.57. The first-order valence-corrected chi connectivity index (χ1v) is 10.7. The summed E-state index contributed by atoms with van der Waals surface area (Å²) in [5, 5.41) is 3.48. The van der Waals surface area contributed by atoms with Gasteiger partial charge in [0.15, 0.2) is 5.96 Å². The fourth-order valence-corrected chi connectivity index (χ4v) is 3.45. The highest BCUT2D eigenvalue weighted by molar-refractivity contribution is 14.0. The number of hydrogen-bond donors (Lipinski definition) is 1. The number of carbonyl (C=O) groups excluding carboxylic acids is 1. The molecular formula is C20H35IN8O2. The molecule has 0 atom stereocenters. The van der Waals surface area contributed by atoms with Crippen molar-refractivity contribution in [2.24, 2.45) is 4.99 Å². The quantitative estimate of drug-likeness (QED) is 0.221. The van der Waals surface area contributed by atoms with E-state index >= 15 is 0 Å². The monoisotopic (exact) mass is 546 g/mol. The molecule has 3 heterocycles. The minimum Gasteiger partial charge on any atom is -0.379 e. The van der Waals surface area contributed by atoms with Crippen molar-refractivity contribution in [2.75, 3.05) is 91.1 Å². The smallest absolute Gasteiger partial charge is 0.243 e. The van der Waals surface area contributed by atoms with Gasteiger partial charge in [0.2, 0.25) is 11.9 Å². The Morgan fingerprint density at radius 3 is 2.45 bits per heavy atom. The summed E-state index contributed by atoms with van der Waals surface area (Å²) in [5.41, 5.74) is 0. The lowest BCUT2D eigenvalue weighted by Gasteiger charge is -2.36. The lowest BCUT2D eigenvalue weighted by Crippen LogP contribution is -2.53. The molecule has 0 aliphatic carbocycles. The summed E-state index contributed by atoms with van der Waals surface area (Å²) < 4.78 is 5.41. The van der Waals surface area contributed by atoms with Crippen molar-refractivity contribution in [1.29, 1.82) is 0 Å².